The number of hydrogen-bond acceptors (Lipinski definition) is 3. The summed E-state index contributed by atoms with van der Waals surface area (Å²) in [6.45, 7) is 5.96. The predicted octanol–water partition coefficient (Wildman–Crippen LogP) is 4.23. The summed E-state index contributed by atoms with van der Waals surface area (Å²) in [6.07, 6.45) is 8.37. The average Bonchev–Trinajstić information content (AvgIpc) is 3.21. The Bertz CT molecular complexity index is 875. The third kappa shape index (κ3) is 3.08. The molecule has 1 aromatic carbocycles. The lowest BCUT2D eigenvalue weighted by molar-refractivity contribution is 0.555. The van der Waals surface area contributed by atoms with Crippen LogP contribution in [0.4, 0.5) is 14.6 Å². The summed E-state index contributed by atoms with van der Waals surface area (Å²) in [4.78, 5) is 4.31. The molecule has 1 aromatic heterocycles. The molecule has 2 aromatic rings. The van der Waals surface area contributed by atoms with E-state index in [2.05, 4.69) is 21.9 Å². The maximum Gasteiger partial charge on any atom is 0.179 e. The van der Waals surface area contributed by atoms with Gasteiger partial charge in [-0.25, -0.2) is 18.5 Å². The molecule has 1 aliphatic carbocycles. The van der Waals surface area contributed by atoms with E-state index in [1.165, 1.54) is 16.8 Å². The molecular weight excluding hydrogens is 310 g/mol. The summed E-state index contributed by atoms with van der Waals surface area (Å²) < 4.78 is 28.4. The molecule has 4 nitrogen and oxygen atoms in total. The average molecular weight is 326 g/mol. The molecule has 0 aliphatic heterocycles. The first-order valence-corrected chi connectivity index (χ1v) is 7.51. The Kier molecular flexibility index (Phi) is 4.46. The molecule has 0 saturated carbocycles. The highest BCUT2D eigenvalue weighted by Gasteiger charge is 2.18. The fraction of sp³-hybridized carbons (Fsp3) is 0.167. The molecule has 0 N–H and O–H groups in total. The van der Waals surface area contributed by atoms with Crippen LogP contribution < -0.4 is 0 Å². The molecule has 0 radical (unpaired) electrons. The third-order valence-corrected chi connectivity index (χ3v) is 3.74. The molecular formula is C18H16F2N4. The van der Waals surface area contributed by atoms with Crippen LogP contribution >= 0.6 is 0 Å². The molecule has 0 unspecified atom stereocenters. The molecule has 0 amide bonds. The van der Waals surface area contributed by atoms with Crippen LogP contribution in [0.1, 0.15) is 24.6 Å². The highest BCUT2D eigenvalue weighted by Crippen LogP contribution is 2.32. The Hall–Kier alpha value is -2.89. The van der Waals surface area contributed by atoms with Crippen LogP contribution in [0.25, 0.3) is 5.57 Å². The van der Waals surface area contributed by atoms with Crippen LogP contribution in [0.5, 0.6) is 0 Å². The molecule has 1 heterocycles. The monoisotopic (exact) mass is 326 g/mol. The van der Waals surface area contributed by atoms with Gasteiger partial charge in [0.25, 0.3) is 0 Å². The van der Waals surface area contributed by atoms with Gasteiger partial charge >= 0.3 is 0 Å². The predicted molar refractivity (Wildman–Crippen MR) is 90.2 cm³/mol. The summed E-state index contributed by atoms with van der Waals surface area (Å²) in [7, 11) is 0. The maximum atomic E-state index is 13.9. The van der Waals surface area contributed by atoms with Crippen molar-refractivity contribution in [2.24, 2.45) is 4.99 Å². The second-order valence-corrected chi connectivity index (χ2v) is 5.35. The van der Waals surface area contributed by atoms with Gasteiger partial charge in [0.15, 0.2) is 5.82 Å². The zero-order valence-electron chi connectivity index (χ0n) is 13.2. The highest BCUT2D eigenvalue weighted by atomic mass is 19.1. The molecule has 0 saturated heterocycles. The molecule has 24 heavy (non-hydrogen) atoms. The minimum atomic E-state index is -0.625. The topological polar surface area (TPSA) is 43.1 Å². The van der Waals surface area contributed by atoms with Gasteiger partial charge in [-0.3, -0.25) is 0 Å². The van der Waals surface area contributed by atoms with Gasteiger partial charge < -0.3 is 0 Å². The van der Waals surface area contributed by atoms with E-state index in [9.17, 15) is 8.78 Å². The maximum absolute atomic E-state index is 13.9. The number of benzene rings is 1. The van der Waals surface area contributed by atoms with Crippen molar-refractivity contribution in [2.45, 2.75) is 19.9 Å². The van der Waals surface area contributed by atoms with E-state index in [0.29, 0.717) is 17.1 Å². The molecule has 122 valence electrons. The number of hydrogen-bond donors (Lipinski definition) is 0. The highest BCUT2D eigenvalue weighted by molar-refractivity contribution is 5.82. The number of aliphatic imine (C=N–C) groups is 1. The van der Waals surface area contributed by atoms with Crippen molar-refractivity contribution in [1.29, 1.82) is 0 Å². The summed E-state index contributed by atoms with van der Waals surface area (Å²) in [6, 6.07) is 3.46. The summed E-state index contributed by atoms with van der Waals surface area (Å²) in [5, 5.41) is 8.23. The van der Waals surface area contributed by atoms with Crippen molar-refractivity contribution in [2.75, 3.05) is 0 Å². The molecule has 3 rings (SSSR count). The smallest absolute Gasteiger partial charge is 0.179 e. The standard InChI is InChI=1S/C18H16F2N4/c1-3-21-18-17(12(2)13-6-4-5-7-13)22-23-24(18)11-14-8-9-15(19)10-16(14)20/h3-6,8-10H,2,7,11H2,1H3/b21-3-. The van der Waals surface area contributed by atoms with Crippen molar-refractivity contribution in [1.82, 2.24) is 15.0 Å². The normalized spacial score (nSPS) is 13.7. The number of halogens is 2. The zero-order valence-corrected chi connectivity index (χ0v) is 13.2. The lowest BCUT2D eigenvalue weighted by Crippen LogP contribution is -2.04. The first-order valence-electron chi connectivity index (χ1n) is 7.51. The van der Waals surface area contributed by atoms with Crippen molar-refractivity contribution in [3.05, 3.63) is 71.5 Å². The number of rotatable bonds is 5. The van der Waals surface area contributed by atoms with E-state index in [4.69, 9.17) is 0 Å². The van der Waals surface area contributed by atoms with Crippen molar-refractivity contribution >= 4 is 17.6 Å². The van der Waals surface area contributed by atoms with Crippen LogP contribution in [0.15, 0.2) is 53.6 Å². The third-order valence-electron chi connectivity index (χ3n) is 3.74. The van der Waals surface area contributed by atoms with Crippen molar-refractivity contribution in [3.63, 3.8) is 0 Å². The van der Waals surface area contributed by atoms with Gasteiger partial charge in [-0.05, 0) is 25.0 Å². The Morgan fingerprint density at radius 3 is 2.92 bits per heavy atom. The van der Waals surface area contributed by atoms with Gasteiger partial charge in [-0.2, -0.15) is 0 Å². The van der Waals surface area contributed by atoms with E-state index in [-0.39, 0.29) is 6.54 Å². The molecule has 0 bridgehead atoms. The number of allylic oxidation sites excluding steroid dienone is 5. The number of aromatic nitrogens is 3. The quantitative estimate of drug-likeness (QED) is 0.772. The van der Waals surface area contributed by atoms with Gasteiger partial charge in [0, 0.05) is 23.4 Å². The molecule has 1 aliphatic rings. The summed E-state index contributed by atoms with van der Waals surface area (Å²) in [5.74, 6) is -0.740. The fourth-order valence-electron chi connectivity index (χ4n) is 2.49. The molecule has 0 spiro atoms. The summed E-state index contributed by atoms with van der Waals surface area (Å²) >= 11 is 0. The van der Waals surface area contributed by atoms with Crippen molar-refractivity contribution < 1.29 is 8.78 Å². The van der Waals surface area contributed by atoms with Gasteiger partial charge in [-0.15, -0.1) is 5.10 Å². The molecule has 0 atom stereocenters. The van der Waals surface area contributed by atoms with Gasteiger partial charge in [-0.1, -0.05) is 36.1 Å². The Morgan fingerprint density at radius 2 is 2.25 bits per heavy atom. The molecule has 0 fully saturated rings. The zero-order chi connectivity index (χ0) is 17.1. The fourth-order valence-corrected chi connectivity index (χ4v) is 2.49. The van der Waals surface area contributed by atoms with Gasteiger partial charge in [0.1, 0.15) is 17.3 Å². The Morgan fingerprint density at radius 1 is 1.42 bits per heavy atom. The lowest BCUT2D eigenvalue weighted by atomic mass is 10.0. The second-order valence-electron chi connectivity index (χ2n) is 5.35. The van der Waals surface area contributed by atoms with E-state index in [0.717, 1.165) is 23.6 Å². The lowest BCUT2D eigenvalue weighted by Gasteiger charge is -2.07. The van der Waals surface area contributed by atoms with Gasteiger partial charge in [0.05, 0.1) is 6.54 Å². The van der Waals surface area contributed by atoms with E-state index < -0.39 is 11.6 Å². The van der Waals surface area contributed by atoms with Crippen LogP contribution in [-0.2, 0) is 6.54 Å². The van der Waals surface area contributed by atoms with E-state index in [1.807, 2.05) is 18.2 Å². The SMILES string of the molecule is C=C(C1=CC=CC1)c1nnn(Cc2ccc(F)cc2F)c1/N=C\C. The largest absolute Gasteiger partial charge is 0.240 e. The van der Waals surface area contributed by atoms with Crippen LogP contribution in [0.2, 0.25) is 0 Å². The van der Waals surface area contributed by atoms with Crippen LogP contribution in [0, 0.1) is 11.6 Å². The first-order chi connectivity index (χ1) is 11.6. The summed E-state index contributed by atoms with van der Waals surface area (Å²) in [5.41, 5.74) is 2.66. The Balaban J connectivity index is 1.95. The van der Waals surface area contributed by atoms with Crippen molar-refractivity contribution in [3.8, 4) is 0 Å². The second kappa shape index (κ2) is 6.70. The molecule has 6 heteroatoms. The first kappa shape index (κ1) is 16.0. The minimum absolute atomic E-state index is 0.108. The van der Waals surface area contributed by atoms with Crippen LogP contribution in [-0.4, -0.2) is 21.2 Å². The minimum Gasteiger partial charge on any atom is -0.240 e. The van der Waals surface area contributed by atoms with E-state index in [1.54, 1.807) is 13.1 Å². The van der Waals surface area contributed by atoms with Crippen LogP contribution in [0.3, 0.4) is 0 Å². The van der Waals surface area contributed by atoms with E-state index >= 15 is 0 Å². The van der Waals surface area contributed by atoms with Gasteiger partial charge in [0.2, 0.25) is 0 Å². The Labute approximate surface area is 138 Å². The number of nitrogens with zero attached hydrogens (tertiary/aromatic N) is 4.